The fourth-order valence-electron chi connectivity index (χ4n) is 4.88. The van der Waals surface area contributed by atoms with Gasteiger partial charge in [-0.2, -0.15) is 0 Å². The number of nitrogens with one attached hydrogen (secondary N) is 1. The molecule has 1 saturated heterocycles. The second kappa shape index (κ2) is 9.77. The number of rotatable bonds is 6. The Morgan fingerprint density at radius 2 is 1.82 bits per heavy atom. The molecule has 0 amide bonds. The lowest BCUT2D eigenvalue weighted by Gasteiger charge is -2.29. The predicted molar refractivity (Wildman–Crippen MR) is 131 cm³/mol. The number of fused-ring (bicyclic) bond motifs is 1. The molecule has 8 heteroatoms. The Morgan fingerprint density at radius 1 is 1.06 bits per heavy atom. The summed E-state index contributed by atoms with van der Waals surface area (Å²) in [6.07, 6.45) is 4.60. The second-order valence-corrected chi connectivity index (χ2v) is 8.99. The molecule has 1 unspecified atom stereocenters. The number of benzene rings is 2. The summed E-state index contributed by atoms with van der Waals surface area (Å²) in [5.41, 5.74) is 3.59. The summed E-state index contributed by atoms with van der Waals surface area (Å²) in [4.78, 5) is 18.9. The average molecular weight is 459 g/mol. The van der Waals surface area contributed by atoms with Crippen molar-refractivity contribution in [3.8, 4) is 5.75 Å². The molecule has 0 saturated carbocycles. The summed E-state index contributed by atoms with van der Waals surface area (Å²) in [6, 6.07) is 15.7. The molecule has 0 spiro atoms. The minimum absolute atomic E-state index is 0.0879. The van der Waals surface area contributed by atoms with Crippen molar-refractivity contribution in [1.29, 1.82) is 0 Å². The van der Waals surface area contributed by atoms with E-state index in [0.717, 1.165) is 53.7 Å². The van der Waals surface area contributed by atoms with Crippen LogP contribution in [0.15, 0.2) is 53.3 Å². The summed E-state index contributed by atoms with van der Waals surface area (Å²) in [7, 11) is 1.66. The number of tetrazole rings is 1. The molecular weight excluding hydrogens is 428 g/mol. The lowest BCUT2D eigenvalue weighted by atomic mass is 10.0. The maximum Gasteiger partial charge on any atom is 0.253 e. The fourth-order valence-corrected chi connectivity index (χ4v) is 4.88. The molecule has 0 aliphatic carbocycles. The standard InChI is InChI=1S/C26H30N6O2/c1-18-8-7-9-20-16-22(26(33)27-23(18)20)24(31-14-5-3-4-6-15-31)25-28-29-30-32(25)17-19-10-12-21(34-2)13-11-19/h7-13,16,24H,3-6,14-15,17H2,1-2H3,(H,27,33). The van der Waals surface area contributed by atoms with Crippen LogP contribution in [0, 0.1) is 6.92 Å². The van der Waals surface area contributed by atoms with Gasteiger partial charge in [-0.25, -0.2) is 4.68 Å². The zero-order chi connectivity index (χ0) is 23.5. The topological polar surface area (TPSA) is 88.9 Å². The highest BCUT2D eigenvalue weighted by Gasteiger charge is 2.31. The number of hydrogen-bond acceptors (Lipinski definition) is 6. The molecule has 176 valence electrons. The summed E-state index contributed by atoms with van der Waals surface area (Å²) < 4.78 is 7.10. The molecule has 1 fully saturated rings. The highest BCUT2D eigenvalue weighted by atomic mass is 16.5. The molecular formula is C26H30N6O2. The van der Waals surface area contributed by atoms with Gasteiger partial charge in [-0.05, 0) is 78.0 Å². The summed E-state index contributed by atoms with van der Waals surface area (Å²) >= 11 is 0. The number of ether oxygens (including phenoxy) is 1. The summed E-state index contributed by atoms with van der Waals surface area (Å²) in [5, 5.41) is 13.8. The SMILES string of the molecule is COc1ccc(Cn2nnnc2C(c2cc3cccc(C)c3[nH]c2=O)N2CCCCCC2)cc1. The molecule has 1 aliphatic heterocycles. The molecule has 8 nitrogen and oxygen atoms in total. The third kappa shape index (κ3) is 4.46. The van der Waals surface area contributed by atoms with E-state index in [1.54, 1.807) is 7.11 Å². The van der Waals surface area contributed by atoms with Gasteiger partial charge in [-0.3, -0.25) is 9.69 Å². The number of para-hydroxylation sites is 1. The fraction of sp³-hybridized carbons (Fsp3) is 0.385. The third-order valence-corrected chi connectivity index (χ3v) is 6.71. The molecule has 0 bridgehead atoms. The number of hydrogen-bond donors (Lipinski definition) is 1. The van der Waals surface area contributed by atoms with Crippen LogP contribution in [0.5, 0.6) is 5.75 Å². The first-order valence-corrected chi connectivity index (χ1v) is 11.9. The van der Waals surface area contributed by atoms with Gasteiger partial charge in [0.1, 0.15) is 11.8 Å². The van der Waals surface area contributed by atoms with E-state index < -0.39 is 0 Å². The van der Waals surface area contributed by atoms with E-state index in [2.05, 4.69) is 25.4 Å². The van der Waals surface area contributed by atoms with Crippen molar-refractivity contribution in [1.82, 2.24) is 30.1 Å². The Balaban J connectivity index is 1.59. The average Bonchev–Trinajstić information content (AvgIpc) is 3.12. The smallest absolute Gasteiger partial charge is 0.253 e. The second-order valence-electron chi connectivity index (χ2n) is 8.99. The number of aromatic amines is 1. The molecule has 1 N–H and O–H groups in total. The Kier molecular flexibility index (Phi) is 6.40. The van der Waals surface area contributed by atoms with E-state index in [9.17, 15) is 4.79 Å². The van der Waals surface area contributed by atoms with E-state index in [1.807, 2.05) is 60.1 Å². The van der Waals surface area contributed by atoms with Gasteiger partial charge >= 0.3 is 0 Å². The first kappa shape index (κ1) is 22.3. The maximum atomic E-state index is 13.4. The van der Waals surface area contributed by atoms with Crippen LogP contribution in [0.1, 0.15) is 54.2 Å². The van der Waals surface area contributed by atoms with Gasteiger partial charge in [0.2, 0.25) is 0 Å². The molecule has 2 aromatic heterocycles. The number of nitrogens with zero attached hydrogens (tertiary/aromatic N) is 5. The van der Waals surface area contributed by atoms with Gasteiger partial charge in [-0.1, -0.05) is 43.2 Å². The van der Waals surface area contributed by atoms with E-state index in [-0.39, 0.29) is 11.6 Å². The molecule has 0 radical (unpaired) electrons. The van der Waals surface area contributed by atoms with Crippen molar-refractivity contribution in [3.63, 3.8) is 0 Å². The van der Waals surface area contributed by atoms with Crippen molar-refractivity contribution in [2.75, 3.05) is 20.2 Å². The summed E-state index contributed by atoms with van der Waals surface area (Å²) in [6.45, 7) is 4.34. The van der Waals surface area contributed by atoms with Crippen molar-refractivity contribution in [2.45, 2.75) is 45.2 Å². The quantitative estimate of drug-likeness (QED) is 0.472. The normalized spacial score (nSPS) is 15.8. The molecule has 34 heavy (non-hydrogen) atoms. The van der Waals surface area contributed by atoms with Crippen LogP contribution in [-0.2, 0) is 6.54 Å². The van der Waals surface area contributed by atoms with Crippen LogP contribution < -0.4 is 10.3 Å². The largest absolute Gasteiger partial charge is 0.497 e. The Bertz CT molecular complexity index is 1320. The van der Waals surface area contributed by atoms with Crippen LogP contribution in [-0.4, -0.2) is 50.3 Å². The van der Waals surface area contributed by atoms with Gasteiger partial charge in [0.15, 0.2) is 5.82 Å². The van der Waals surface area contributed by atoms with Crippen LogP contribution in [0.25, 0.3) is 10.9 Å². The van der Waals surface area contributed by atoms with E-state index in [1.165, 1.54) is 12.8 Å². The van der Waals surface area contributed by atoms with E-state index in [0.29, 0.717) is 17.9 Å². The van der Waals surface area contributed by atoms with Crippen molar-refractivity contribution in [3.05, 3.63) is 81.4 Å². The van der Waals surface area contributed by atoms with Gasteiger partial charge in [0, 0.05) is 5.56 Å². The molecule has 5 rings (SSSR count). The third-order valence-electron chi connectivity index (χ3n) is 6.71. The lowest BCUT2D eigenvalue weighted by molar-refractivity contribution is 0.220. The predicted octanol–water partition coefficient (Wildman–Crippen LogP) is 3.85. The number of methoxy groups -OCH3 is 1. The minimum Gasteiger partial charge on any atom is -0.497 e. The van der Waals surface area contributed by atoms with Crippen molar-refractivity contribution >= 4 is 10.9 Å². The highest BCUT2D eigenvalue weighted by Crippen LogP contribution is 2.29. The molecule has 4 aromatic rings. The van der Waals surface area contributed by atoms with Crippen molar-refractivity contribution < 1.29 is 4.74 Å². The monoisotopic (exact) mass is 458 g/mol. The maximum absolute atomic E-state index is 13.4. The van der Waals surface area contributed by atoms with Gasteiger partial charge in [-0.15, -0.1) is 5.10 Å². The first-order valence-electron chi connectivity index (χ1n) is 11.9. The first-order chi connectivity index (χ1) is 16.6. The van der Waals surface area contributed by atoms with Gasteiger partial charge < -0.3 is 9.72 Å². The Labute approximate surface area is 198 Å². The van der Waals surface area contributed by atoms with Crippen LogP contribution >= 0.6 is 0 Å². The lowest BCUT2D eigenvalue weighted by Crippen LogP contribution is -2.36. The Morgan fingerprint density at radius 3 is 2.56 bits per heavy atom. The highest BCUT2D eigenvalue weighted by molar-refractivity contribution is 5.82. The number of likely N-dealkylation sites (tertiary alicyclic amines) is 1. The van der Waals surface area contributed by atoms with Gasteiger partial charge in [0.05, 0.1) is 19.2 Å². The van der Waals surface area contributed by atoms with Crippen molar-refractivity contribution in [2.24, 2.45) is 0 Å². The number of aromatic nitrogens is 5. The number of H-pyrrole nitrogens is 1. The Hall–Kier alpha value is -3.52. The van der Waals surface area contributed by atoms with Crippen LogP contribution in [0.4, 0.5) is 0 Å². The molecule has 3 heterocycles. The molecule has 1 atom stereocenters. The van der Waals surface area contributed by atoms with Crippen LogP contribution in [0.2, 0.25) is 0 Å². The van der Waals surface area contributed by atoms with Gasteiger partial charge in [0.25, 0.3) is 5.56 Å². The minimum atomic E-state index is -0.319. The number of pyridine rings is 1. The zero-order valence-corrected chi connectivity index (χ0v) is 19.7. The van der Waals surface area contributed by atoms with E-state index in [4.69, 9.17) is 4.74 Å². The molecule has 2 aromatic carbocycles. The van der Waals surface area contributed by atoms with E-state index >= 15 is 0 Å². The van der Waals surface area contributed by atoms with Crippen LogP contribution in [0.3, 0.4) is 0 Å². The zero-order valence-electron chi connectivity index (χ0n) is 19.7. The summed E-state index contributed by atoms with van der Waals surface area (Å²) in [5.74, 6) is 1.50. The molecule has 1 aliphatic rings. The number of aryl methyl sites for hydroxylation is 1.